The number of benzene rings is 2. The largest absolute Gasteiger partial charge is 0.493 e. The van der Waals surface area contributed by atoms with Crippen LogP contribution in [0.15, 0.2) is 34.8 Å². The maximum Gasteiger partial charge on any atom is 0.256 e. The van der Waals surface area contributed by atoms with Crippen molar-refractivity contribution >= 4 is 50.8 Å². The van der Waals surface area contributed by atoms with Crippen LogP contribution < -0.4 is 14.8 Å². The van der Waals surface area contributed by atoms with Crippen LogP contribution in [0.25, 0.3) is 11.6 Å². The van der Waals surface area contributed by atoms with Crippen molar-refractivity contribution < 1.29 is 14.3 Å². The maximum atomic E-state index is 12.4. The van der Waals surface area contributed by atoms with Crippen LogP contribution in [0.4, 0.5) is 5.69 Å². The zero-order chi connectivity index (χ0) is 18.7. The van der Waals surface area contributed by atoms with Gasteiger partial charge < -0.3 is 14.8 Å². The van der Waals surface area contributed by atoms with E-state index in [-0.39, 0.29) is 5.91 Å². The zero-order valence-electron chi connectivity index (χ0n) is 14.6. The number of ether oxygens (including phenoxy) is 2. The van der Waals surface area contributed by atoms with Crippen molar-refractivity contribution in [2.75, 3.05) is 19.0 Å². The van der Waals surface area contributed by atoms with Crippen LogP contribution in [0.3, 0.4) is 0 Å². The van der Waals surface area contributed by atoms with E-state index < -0.39 is 0 Å². The van der Waals surface area contributed by atoms with Crippen molar-refractivity contribution in [3.05, 3.63) is 51.0 Å². The van der Waals surface area contributed by atoms with E-state index in [1.54, 1.807) is 19.2 Å². The number of rotatable bonds is 6. The van der Waals surface area contributed by atoms with Crippen LogP contribution in [0.2, 0.25) is 5.02 Å². The van der Waals surface area contributed by atoms with Crippen molar-refractivity contribution in [1.29, 1.82) is 0 Å². The summed E-state index contributed by atoms with van der Waals surface area (Å²) in [7, 11) is 1.60. The van der Waals surface area contributed by atoms with Crippen LogP contribution in [0.5, 0.6) is 11.5 Å². The monoisotopic (exact) mass is 435 g/mol. The molecule has 0 aliphatic carbocycles. The van der Waals surface area contributed by atoms with E-state index in [1.807, 2.05) is 24.3 Å². The first kappa shape index (κ1) is 18.8. The van der Waals surface area contributed by atoms with Crippen LogP contribution in [-0.2, 0) is 4.79 Å². The Bertz CT molecular complexity index is 880. The Morgan fingerprint density at radius 3 is 2.77 bits per heavy atom. The first-order chi connectivity index (χ1) is 12.5. The number of amides is 1. The van der Waals surface area contributed by atoms with E-state index in [1.165, 1.54) is 0 Å². The molecule has 2 aromatic rings. The summed E-state index contributed by atoms with van der Waals surface area (Å²) in [6, 6.07) is 9.09. The summed E-state index contributed by atoms with van der Waals surface area (Å²) in [6.07, 6.45) is 3.87. The molecule has 1 amide bonds. The van der Waals surface area contributed by atoms with Gasteiger partial charge in [-0.05, 0) is 42.3 Å². The molecule has 0 bridgehead atoms. The first-order valence-corrected chi connectivity index (χ1v) is 9.54. The average molecular weight is 437 g/mol. The van der Waals surface area contributed by atoms with E-state index in [0.717, 1.165) is 34.1 Å². The molecule has 3 rings (SSSR count). The number of carbonyl (C=O) groups excluding carboxylic acids is 1. The van der Waals surface area contributed by atoms with Crippen LogP contribution in [-0.4, -0.2) is 19.6 Å². The standard InChI is InChI=1S/C20H19BrClNO3/c1-3-4-7-26-19-11-16(21)12(9-18(19)25-2)8-15-14-6-5-13(22)10-17(14)23-20(15)24/h5-6,8-11H,3-4,7H2,1-2H3,(H,23,24)/b15-8+. The number of anilines is 1. The smallest absolute Gasteiger partial charge is 0.256 e. The number of hydrogen-bond donors (Lipinski definition) is 1. The molecule has 0 radical (unpaired) electrons. The Morgan fingerprint density at radius 1 is 1.23 bits per heavy atom. The molecule has 26 heavy (non-hydrogen) atoms. The highest BCUT2D eigenvalue weighted by molar-refractivity contribution is 9.10. The zero-order valence-corrected chi connectivity index (χ0v) is 16.9. The summed E-state index contributed by atoms with van der Waals surface area (Å²) in [5, 5.41) is 3.42. The lowest BCUT2D eigenvalue weighted by Crippen LogP contribution is -2.03. The van der Waals surface area contributed by atoms with Gasteiger partial charge in [0.15, 0.2) is 11.5 Å². The molecule has 1 aliphatic heterocycles. The van der Waals surface area contributed by atoms with E-state index in [4.69, 9.17) is 21.1 Å². The lowest BCUT2D eigenvalue weighted by Gasteiger charge is -2.13. The first-order valence-electron chi connectivity index (χ1n) is 8.36. The van der Waals surface area contributed by atoms with Crippen molar-refractivity contribution in [1.82, 2.24) is 0 Å². The minimum Gasteiger partial charge on any atom is -0.493 e. The molecule has 4 nitrogen and oxygen atoms in total. The summed E-state index contributed by atoms with van der Waals surface area (Å²) in [5.41, 5.74) is 2.96. The molecular formula is C20H19BrClNO3. The van der Waals surface area contributed by atoms with Gasteiger partial charge in [0.05, 0.1) is 19.4 Å². The molecule has 0 atom stereocenters. The molecule has 0 saturated heterocycles. The summed E-state index contributed by atoms with van der Waals surface area (Å²) in [4.78, 5) is 12.4. The fourth-order valence-electron chi connectivity index (χ4n) is 2.73. The predicted molar refractivity (Wildman–Crippen MR) is 109 cm³/mol. The van der Waals surface area contributed by atoms with E-state index >= 15 is 0 Å². The number of methoxy groups -OCH3 is 1. The van der Waals surface area contributed by atoms with Gasteiger partial charge in [0, 0.05) is 20.6 Å². The highest BCUT2D eigenvalue weighted by Gasteiger charge is 2.24. The number of fused-ring (bicyclic) bond motifs is 1. The SMILES string of the molecule is CCCCOc1cc(Br)c(/C=C2/C(=O)Nc3cc(Cl)ccc32)cc1OC. The quantitative estimate of drug-likeness (QED) is 0.461. The average Bonchev–Trinajstić information content (AvgIpc) is 2.91. The highest BCUT2D eigenvalue weighted by Crippen LogP contribution is 2.39. The maximum absolute atomic E-state index is 12.4. The van der Waals surface area contributed by atoms with Gasteiger partial charge in [-0.1, -0.05) is 46.9 Å². The molecule has 136 valence electrons. The minimum atomic E-state index is -0.156. The van der Waals surface area contributed by atoms with Crippen molar-refractivity contribution in [2.24, 2.45) is 0 Å². The summed E-state index contributed by atoms with van der Waals surface area (Å²) in [6.45, 7) is 2.75. The molecule has 6 heteroatoms. The number of hydrogen-bond acceptors (Lipinski definition) is 3. The van der Waals surface area contributed by atoms with Gasteiger partial charge in [0.2, 0.25) is 0 Å². The fraction of sp³-hybridized carbons (Fsp3) is 0.250. The molecule has 0 fully saturated rings. The third-order valence-corrected chi connectivity index (χ3v) is 5.02. The van der Waals surface area contributed by atoms with Gasteiger partial charge in [-0.2, -0.15) is 0 Å². The van der Waals surface area contributed by atoms with Crippen LogP contribution in [0.1, 0.15) is 30.9 Å². The van der Waals surface area contributed by atoms with Crippen LogP contribution >= 0.6 is 27.5 Å². The Labute approximate surface area is 166 Å². The van der Waals surface area contributed by atoms with Gasteiger partial charge in [0.25, 0.3) is 5.91 Å². The van der Waals surface area contributed by atoms with E-state index in [9.17, 15) is 4.79 Å². The third kappa shape index (κ3) is 3.89. The van der Waals surface area contributed by atoms with Crippen LogP contribution in [0, 0.1) is 0 Å². The fourth-order valence-corrected chi connectivity index (χ4v) is 3.33. The van der Waals surface area contributed by atoms with Crippen molar-refractivity contribution in [2.45, 2.75) is 19.8 Å². The summed E-state index contributed by atoms with van der Waals surface area (Å²) >= 11 is 9.57. The molecular weight excluding hydrogens is 418 g/mol. The van der Waals surface area contributed by atoms with Gasteiger partial charge in [0.1, 0.15) is 0 Å². The van der Waals surface area contributed by atoms with Gasteiger partial charge in [-0.15, -0.1) is 0 Å². The molecule has 0 saturated carbocycles. The van der Waals surface area contributed by atoms with E-state index in [0.29, 0.717) is 28.7 Å². The molecule has 0 spiro atoms. The number of nitrogens with one attached hydrogen (secondary N) is 1. The predicted octanol–water partition coefficient (Wildman–Crippen LogP) is 5.78. The molecule has 1 N–H and O–H groups in total. The van der Waals surface area contributed by atoms with E-state index in [2.05, 4.69) is 28.2 Å². The molecule has 1 aliphatic rings. The highest BCUT2D eigenvalue weighted by atomic mass is 79.9. The van der Waals surface area contributed by atoms with Gasteiger partial charge in [-0.25, -0.2) is 0 Å². The lowest BCUT2D eigenvalue weighted by molar-refractivity contribution is -0.110. The minimum absolute atomic E-state index is 0.156. The molecule has 1 heterocycles. The van der Waals surface area contributed by atoms with Gasteiger partial charge >= 0.3 is 0 Å². The Hall–Kier alpha value is -1.98. The second-order valence-corrected chi connectivity index (χ2v) is 7.22. The van der Waals surface area contributed by atoms with Crippen molar-refractivity contribution in [3.8, 4) is 11.5 Å². The number of halogens is 2. The third-order valence-electron chi connectivity index (χ3n) is 4.10. The second-order valence-electron chi connectivity index (χ2n) is 5.93. The Kier molecular flexibility index (Phi) is 5.89. The Morgan fingerprint density at radius 2 is 2.04 bits per heavy atom. The molecule has 0 unspecified atom stereocenters. The number of unbranched alkanes of at least 4 members (excludes halogenated alkanes) is 1. The second kappa shape index (κ2) is 8.14. The Balaban J connectivity index is 1.97. The van der Waals surface area contributed by atoms with Gasteiger partial charge in [-0.3, -0.25) is 4.79 Å². The van der Waals surface area contributed by atoms with Crippen molar-refractivity contribution in [3.63, 3.8) is 0 Å². The lowest BCUT2D eigenvalue weighted by atomic mass is 10.0. The topological polar surface area (TPSA) is 47.6 Å². The number of carbonyl (C=O) groups is 1. The molecule has 0 aromatic heterocycles. The summed E-state index contributed by atoms with van der Waals surface area (Å²) in [5.74, 6) is 1.15. The molecule has 2 aromatic carbocycles. The summed E-state index contributed by atoms with van der Waals surface area (Å²) < 4.78 is 12.1. The normalized spacial score (nSPS) is 14.3.